The van der Waals surface area contributed by atoms with Gasteiger partial charge in [0.1, 0.15) is 17.2 Å². The van der Waals surface area contributed by atoms with Crippen LogP contribution in [0.5, 0.6) is 17.2 Å². The van der Waals surface area contributed by atoms with Crippen molar-refractivity contribution >= 4 is 5.91 Å². The Kier molecular flexibility index (Phi) is 6.52. The number of nitrogens with one attached hydrogen (secondary N) is 1. The van der Waals surface area contributed by atoms with Crippen LogP contribution in [0.1, 0.15) is 5.56 Å². The van der Waals surface area contributed by atoms with Gasteiger partial charge in [-0.2, -0.15) is 0 Å². The molecule has 0 fully saturated rings. The average Bonchev–Trinajstić information content (AvgIpc) is 2.76. The topological polar surface area (TPSA) is 56.8 Å². The zero-order valence-corrected chi connectivity index (χ0v) is 16.0. The van der Waals surface area contributed by atoms with Crippen LogP contribution in [0, 0.1) is 0 Å². The Hall–Kier alpha value is -3.47. The summed E-state index contributed by atoms with van der Waals surface area (Å²) in [5, 5.41) is 2.85. The van der Waals surface area contributed by atoms with E-state index in [9.17, 15) is 4.79 Å². The minimum atomic E-state index is -0.215. The van der Waals surface area contributed by atoms with Crippen LogP contribution < -0.4 is 19.5 Å². The first-order valence-corrected chi connectivity index (χ1v) is 8.96. The van der Waals surface area contributed by atoms with Gasteiger partial charge in [0, 0.05) is 17.7 Å². The maximum absolute atomic E-state index is 12.3. The van der Waals surface area contributed by atoms with E-state index in [4.69, 9.17) is 14.2 Å². The molecule has 0 aromatic heterocycles. The van der Waals surface area contributed by atoms with Crippen molar-refractivity contribution in [1.82, 2.24) is 5.32 Å². The molecule has 0 bridgehead atoms. The Morgan fingerprint density at radius 2 is 1.61 bits per heavy atom. The summed E-state index contributed by atoms with van der Waals surface area (Å²) >= 11 is 0. The van der Waals surface area contributed by atoms with Gasteiger partial charge in [-0.05, 0) is 29.8 Å². The molecule has 0 aliphatic heterocycles. The van der Waals surface area contributed by atoms with Crippen LogP contribution in [0.15, 0.2) is 72.8 Å². The molecule has 0 saturated heterocycles. The van der Waals surface area contributed by atoms with Gasteiger partial charge in [0.25, 0.3) is 5.91 Å². The summed E-state index contributed by atoms with van der Waals surface area (Å²) in [6, 6.07) is 23.1. The summed E-state index contributed by atoms with van der Waals surface area (Å²) < 4.78 is 16.3. The normalized spacial score (nSPS) is 10.2. The van der Waals surface area contributed by atoms with E-state index in [1.54, 1.807) is 14.2 Å². The van der Waals surface area contributed by atoms with Crippen LogP contribution in [-0.4, -0.2) is 26.7 Å². The maximum Gasteiger partial charge on any atom is 0.258 e. The Labute approximate surface area is 164 Å². The Balaban J connectivity index is 1.62. The highest BCUT2D eigenvalue weighted by Crippen LogP contribution is 2.29. The van der Waals surface area contributed by atoms with Crippen molar-refractivity contribution in [3.05, 3.63) is 78.4 Å². The molecule has 0 aliphatic carbocycles. The summed E-state index contributed by atoms with van der Waals surface area (Å²) in [7, 11) is 3.19. The number of carbonyl (C=O) groups excluding carboxylic acids is 1. The van der Waals surface area contributed by atoms with Crippen LogP contribution in [0.2, 0.25) is 0 Å². The Morgan fingerprint density at radius 1 is 0.857 bits per heavy atom. The number of rotatable bonds is 8. The van der Waals surface area contributed by atoms with Crippen molar-refractivity contribution in [2.75, 3.05) is 20.8 Å². The minimum absolute atomic E-state index is 0.0733. The van der Waals surface area contributed by atoms with Crippen LogP contribution in [0.4, 0.5) is 0 Å². The number of ether oxygens (including phenoxy) is 3. The van der Waals surface area contributed by atoms with Crippen LogP contribution in [-0.2, 0) is 11.3 Å². The van der Waals surface area contributed by atoms with Crippen molar-refractivity contribution in [2.45, 2.75) is 6.54 Å². The lowest BCUT2D eigenvalue weighted by Crippen LogP contribution is -2.28. The smallest absolute Gasteiger partial charge is 0.258 e. The molecule has 0 unspecified atom stereocenters. The number of hydrogen-bond donors (Lipinski definition) is 1. The van der Waals surface area contributed by atoms with E-state index in [2.05, 4.69) is 5.32 Å². The molecule has 5 heteroatoms. The summed E-state index contributed by atoms with van der Waals surface area (Å²) in [6.45, 7) is 0.249. The third-order valence-corrected chi connectivity index (χ3v) is 4.29. The lowest BCUT2D eigenvalue weighted by atomic mass is 10.1. The lowest BCUT2D eigenvalue weighted by molar-refractivity contribution is -0.123. The van der Waals surface area contributed by atoms with Gasteiger partial charge in [-0.25, -0.2) is 0 Å². The van der Waals surface area contributed by atoms with E-state index >= 15 is 0 Å². The quantitative estimate of drug-likeness (QED) is 0.643. The number of amides is 1. The van der Waals surface area contributed by atoms with Crippen molar-refractivity contribution in [3.63, 3.8) is 0 Å². The first-order valence-electron chi connectivity index (χ1n) is 8.96. The highest BCUT2D eigenvalue weighted by atomic mass is 16.5. The second-order valence-corrected chi connectivity index (χ2v) is 6.11. The van der Waals surface area contributed by atoms with Crippen molar-refractivity contribution in [1.29, 1.82) is 0 Å². The third kappa shape index (κ3) is 4.82. The second kappa shape index (κ2) is 9.46. The zero-order valence-electron chi connectivity index (χ0n) is 16.0. The first-order chi connectivity index (χ1) is 13.7. The number of benzene rings is 3. The van der Waals surface area contributed by atoms with Gasteiger partial charge >= 0.3 is 0 Å². The van der Waals surface area contributed by atoms with E-state index in [0.717, 1.165) is 16.7 Å². The minimum Gasteiger partial charge on any atom is -0.497 e. The predicted molar refractivity (Wildman–Crippen MR) is 109 cm³/mol. The number of para-hydroxylation sites is 1. The molecule has 3 aromatic rings. The number of methoxy groups -OCH3 is 2. The number of hydrogen-bond acceptors (Lipinski definition) is 4. The first kappa shape index (κ1) is 19.3. The van der Waals surface area contributed by atoms with Crippen molar-refractivity contribution < 1.29 is 19.0 Å². The number of carbonyl (C=O) groups is 1. The summed E-state index contributed by atoms with van der Waals surface area (Å²) in [6.07, 6.45) is 0. The summed E-state index contributed by atoms with van der Waals surface area (Å²) in [5.41, 5.74) is 2.82. The largest absolute Gasteiger partial charge is 0.497 e. The van der Waals surface area contributed by atoms with Crippen LogP contribution in [0.3, 0.4) is 0 Å². The molecule has 0 saturated carbocycles. The van der Waals surface area contributed by atoms with Gasteiger partial charge in [0.05, 0.1) is 14.2 Å². The molecule has 0 spiro atoms. The molecular weight excluding hydrogens is 354 g/mol. The molecule has 1 amide bonds. The Bertz CT molecular complexity index is 925. The Morgan fingerprint density at radius 3 is 2.36 bits per heavy atom. The summed E-state index contributed by atoms with van der Waals surface area (Å²) in [4.78, 5) is 12.3. The van der Waals surface area contributed by atoms with Gasteiger partial charge in [0.2, 0.25) is 0 Å². The fraction of sp³-hybridized carbons (Fsp3) is 0.174. The van der Waals surface area contributed by atoms with Crippen LogP contribution in [0.25, 0.3) is 11.1 Å². The molecule has 144 valence electrons. The molecule has 1 N–H and O–H groups in total. The molecule has 3 rings (SSSR count). The average molecular weight is 377 g/mol. The van der Waals surface area contributed by atoms with Gasteiger partial charge in [-0.3, -0.25) is 4.79 Å². The third-order valence-electron chi connectivity index (χ3n) is 4.29. The van der Waals surface area contributed by atoms with Gasteiger partial charge < -0.3 is 19.5 Å². The standard InChI is InChI=1S/C23H23NO4/c1-26-19-12-13-21(27-2)18(14-19)15-24-23(25)16-28-22-11-7-6-10-20(22)17-8-4-3-5-9-17/h3-14H,15-16H2,1-2H3,(H,24,25). The molecule has 28 heavy (non-hydrogen) atoms. The monoisotopic (exact) mass is 377 g/mol. The molecule has 0 heterocycles. The van der Waals surface area contributed by atoms with E-state index in [1.807, 2.05) is 72.8 Å². The fourth-order valence-electron chi connectivity index (χ4n) is 2.86. The van der Waals surface area contributed by atoms with Gasteiger partial charge in [0.15, 0.2) is 6.61 Å². The van der Waals surface area contributed by atoms with Crippen molar-refractivity contribution in [3.8, 4) is 28.4 Å². The van der Waals surface area contributed by atoms with E-state index in [0.29, 0.717) is 23.8 Å². The lowest BCUT2D eigenvalue weighted by Gasteiger charge is -2.13. The second-order valence-electron chi connectivity index (χ2n) is 6.11. The van der Waals surface area contributed by atoms with Gasteiger partial charge in [-0.1, -0.05) is 48.5 Å². The summed E-state index contributed by atoms with van der Waals surface area (Å²) in [5.74, 6) is 1.85. The molecule has 3 aromatic carbocycles. The maximum atomic E-state index is 12.3. The van der Waals surface area contributed by atoms with E-state index < -0.39 is 0 Å². The van der Waals surface area contributed by atoms with Crippen LogP contribution >= 0.6 is 0 Å². The molecular formula is C23H23NO4. The van der Waals surface area contributed by atoms with E-state index in [1.165, 1.54) is 0 Å². The zero-order chi connectivity index (χ0) is 19.8. The predicted octanol–water partition coefficient (Wildman–Crippen LogP) is 4.07. The van der Waals surface area contributed by atoms with Gasteiger partial charge in [-0.15, -0.1) is 0 Å². The molecule has 0 radical (unpaired) electrons. The molecule has 0 aliphatic rings. The van der Waals surface area contributed by atoms with Crippen molar-refractivity contribution in [2.24, 2.45) is 0 Å². The molecule has 0 atom stereocenters. The highest BCUT2D eigenvalue weighted by Gasteiger charge is 2.10. The SMILES string of the molecule is COc1ccc(OC)c(CNC(=O)COc2ccccc2-c2ccccc2)c1. The highest BCUT2D eigenvalue weighted by molar-refractivity contribution is 5.78. The molecule has 5 nitrogen and oxygen atoms in total. The van der Waals surface area contributed by atoms with E-state index in [-0.39, 0.29) is 12.5 Å². The fourth-order valence-corrected chi connectivity index (χ4v) is 2.86.